The number of carbonyl (C=O) groups excluding carboxylic acids is 1. The molecule has 0 aromatic heterocycles. The number of ether oxygens (including phenoxy) is 1. The highest BCUT2D eigenvalue weighted by atomic mass is 31.3. The summed E-state index contributed by atoms with van der Waals surface area (Å²) in [5.74, 6) is -1.04. The van der Waals surface area contributed by atoms with Crippen LogP contribution in [0.5, 0.6) is 0 Å². The van der Waals surface area contributed by atoms with E-state index in [0.717, 1.165) is 6.20 Å². The first-order valence-corrected chi connectivity index (χ1v) is 11.0. The number of nitrogens with two attached hydrogens (primary N) is 2. The number of hydrogen-bond donors (Lipinski definition) is 6. The molecule has 3 unspecified atom stereocenters. The maximum atomic E-state index is 12.1. The quantitative estimate of drug-likeness (QED) is 0.204. The third-order valence-corrected chi connectivity index (χ3v) is 8.51. The highest BCUT2D eigenvalue weighted by Crippen LogP contribution is 2.79. The number of aliphatic hydroxyl groups is 2. The van der Waals surface area contributed by atoms with E-state index < -0.39 is 60.4 Å². The summed E-state index contributed by atoms with van der Waals surface area (Å²) < 4.78 is 56.1. The molecule has 2 fully saturated rings. The molecule has 0 bridgehead atoms. The van der Waals surface area contributed by atoms with Crippen molar-refractivity contribution in [3.05, 3.63) is 11.8 Å². The van der Waals surface area contributed by atoms with Gasteiger partial charge in [0, 0.05) is 6.20 Å². The summed E-state index contributed by atoms with van der Waals surface area (Å²) in [6.45, 7) is -0.914. The number of aliphatic hydroxyl groups excluding tert-OH is 2. The number of hydrogen-bond acceptors (Lipinski definition) is 12. The van der Waals surface area contributed by atoms with Crippen LogP contribution in [0.3, 0.4) is 0 Å². The second kappa shape index (κ2) is 7.40. The van der Waals surface area contributed by atoms with E-state index in [2.05, 4.69) is 17.5 Å². The van der Waals surface area contributed by atoms with Gasteiger partial charge < -0.3 is 36.2 Å². The molecule has 2 rings (SSSR count). The van der Waals surface area contributed by atoms with E-state index in [1.165, 1.54) is 0 Å². The van der Waals surface area contributed by atoms with Crippen molar-refractivity contribution in [2.24, 2.45) is 11.5 Å². The van der Waals surface area contributed by atoms with Gasteiger partial charge in [-0.1, -0.05) is 0 Å². The SMILES string of the molecule is N/C=C(\C(N)=O)[C@@H]1O[C@H](COP2(=O)OP(=O)(O)OP(=O)(O)O2)C(O)[C@@H]1O. The van der Waals surface area contributed by atoms with Gasteiger partial charge in [0.15, 0.2) is 0 Å². The average molecular weight is 440 g/mol. The molecule has 15 nitrogen and oxygen atoms in total. The van der Waals surface area contributed by atoms with Gasteiger partial charge in [0.2, 0.25) is 5.91 Å². The zero-order chi connectivity index (χ0) is 19.9. The Morgan fingerprint density at radius 1 is 1.08 bits per heavy atom. The monoisotopic (exact) mass is 440 g/mol. The third-order valence-electron chi connectivity index (χ3n) is 3.14. The molecule has 2 aliphatic rings. The molecular formula is C8H15N2O13P3. The Balaban J connectivity index is 2.10. The van der Waals surface area contributed by atoms with Crippen LogP contribution in [0.4, 0.5) is 0 Å². The van der Waals surface area contributed by atoms with E-state index in [1.54, 1.807) is 0 Å². The maximum Gasteiger partial charge on any atom is 0.492 e. The molecule has 18 heteroatoms. The first-order chi connectivity index (χ1) is 11.8. The molecule has 26 heavy (non-hydrogen) atoms. The van der Waals surface area contributed by atoms with E-state index in [0.29, 0.717) is 0 Å². The predicted octanol–water partition coefficient (Wildman–Crippen LogP) is -1.81. The minimum Gasteiger partial charge on any atom is -0.404 e. The van der Waals surface area contributed by atoms with Gasteiger partial charge in [0.1, 0.15) is 24.4 Å². The van der Waals surface area contributed by atoms with Crippen molar-refractivity contribution in [1.82, 2.24) is 0 Å². The summed E-state index contributed by atoms with van der Waals surface area (Å²) in [6, 6.07) is 0. The second-order valence-electron chi connectivity index (χ2n) is 4.99. The minimum atomic E-state index is -5.23. The summed E-state index contributed by atoms with van der Waals surface area (Å²) in [5.41, 5.74) is 9.87. The molecule has 0 spiro atoms. The van der Waals surface area contributed by atoms with E-state index >= 15 is 0 Å². The lowest BCUT2D eigenvalue weighted by molar-refractivity contribution is -0.116. The first-order valence-electron chi connectivity index (χ1n) is 6.56. The van der Waals surface area contributed by atoms with Crippen molar-refractivity contribution in [3.63, 3.8) is 0 Å². The smallest absolute Gasteiger partial charge is 0.404 e. The second-order valence-corrected chi connectivity index (χ2v) is 9.97. The summed E-state index contributed by atoms with van der Waals surface area (Å²) >= 11 is 0. The van der Waals surface area contributed by atoms with Crippen LogP contribution in [0, 0.1) is 0 Å². The molecule has 0 saturated carbocycles. The van der Waals surface area contributed by atoms with Crippen LogP contribution >= 0.6 is 23.5 Å². The Hall–Kier alpha value is -0.660. The van der Waals surface area contributed by atoms with Crippen molar-refractivity contribution in [1.29, 1.82) is 0 Å². The van der Waals surface area contributed by atoms with Crippen LogP contribution in [-0.2, 0) is 40.7 Å². The summed E-state index contributed by atoms with van der Waals surface area (Å²) in [6.07, 6.45) is -5.56. The first kappa shape index (κ1) is 21.6. The van der Waals surface area contributed by atoms with Crippen LogP contribution < -0.4 is 11.5 Å². The summed E-state index contributed by atoms with van der Waals surface area (Å²) in [4.78, 5) is 29.4. The molecule has 6 atom stereocenters. The Kier molecular flexibility index (Phi) is 6.16. The van der Waals surface area contributed by atoms with Gasteiger partial charge in [0.05, 0.1) is 12.2 Å². The Labute approximate surface area is 145 Å². The lowest BCUT2D eigenvalue weighted by Gasteiger charge is -2.27. The van der Waals surface area contributed by atoms with Crippen LogP contribution in [0.15, 0.2) is 11.8 Å². The molecule has 0 radical (unpaired) electrons. The molecule has 2 saturated heterocycles. The van der Waals surface area contributed by atoms with Gasteiger partial charge in [0.25, 0.3) is 0 Å². The molecule has 2 heterocycles. The third kappa shape index (κ3) is 4.78. The highest BCUT2D eigenvalue weighted by Gasteiger charge is 2.55. The topological polar surface area (TPSA) is 247 Å². The summed E-state index contributed by atoms with van der Waals surface area (Å²) in [5, 5.41) is 19.8. The van der Waals surface area contributed by atoms with Gasteiger partial charge in [-0.25, -0.2) is 13.7 Å². The molecule has 8 N–H and O–H groups in total. The van der Waals surface area contributed by atoms with Crippen LogP contribution in [0.25, 0.3) is 0 Å². The van der Waals surface area contributed by atoms with Gasteiger partial charge in [-0.3, -0.25) is 9.32 Å². The van der Waals surface area contributed by atoms with Gasteiger partial charge in [-0.05, 0) is 0 Å². The van der Waals surface area contributed by atoms with Crippen molar-refractivity contribution in [3.8, 4) is 0 Å². The van der Waals surface area contributed by atoms with E-state index in [9.17, 15) is 28.7 Å². The fraction of sp³-hybridized carbons (Fsp3) is 0.625. The molecule has 0 aliphatic carbocycles. The average Bonchev–Trinajstić information content (AvgIpc) is 2.70. The van der Waals surface area contributed by atoms with Crippen molar-refractivity contribution in [2.75, 3.05) is 6.61 Å². The Morgan fingerprint density at radius 3 is 2.08 bits per heavy atom. The molecule has 0 aromatic rings. The fourth-order valence-corrected chi connectivity index (χ4v) is 7.03. The summed E-state index contributed by atoms with van der Waals surface area (Å²) in [7, 11) is -15.5. The van der Waals surface area contributed by atoms with Crippen molar-refractivity contribution < 1.29 is 60.7 Å². The Bertz CT molecular complexity index is 726. The van der Waals surface area contributed by atoms with Crippen LogP contribution in [0.2, 0.25) is 0 Å². The zero-order valence-corrected chi connectivity index (χ0v) is 15.2. The number of phosphoric acid groups is 3. The fourth-order valence-electron chi connectivity index (χ4n) is 2.10. The largest absolute Gasteiger partial charge is 0.492 e. The molecule has 150 valence electrons. The molecular weight excluding hydrogens is 425 g/mol. The van der Waals surface area contributed by atoms with Crippen molar-refractivity contribution >= 4 is 29.4 Å². The highest BCUT2D eigenvalue weighted by molar-refractivity contribution is 7.74. The predicted molar refractivity (Wildman–Crippen MR) is 78.6 cm³/mol. The van der Waals surface area contributed by atoms with Gasteiger partial charge in [-0.2, -0.15) is 12.9 Å². The number of amides is 1. The van der Waals surface area contributed by atoms with E-state index in [-0.39, 0.29) is 5.57 Å². The molecule has 0 aromatic carbocycles. The van der Waals surface area contributed by atoms with Gasteiger partial charge >= 0.3 is 23.5 Å². The molecule has 1 amide bonds. The Morgan fingerprint density at radius 2 is 1.62 bits per heavy atom. The number of primary amides is 1. The van der Waals surface area contributed by atoms with E-state index in [4.69, 9.17) is 26.0 Å². The molecule has 2 aliphatic heterocycles. The standard InChI is InChI=1S/C8H15N2O13P3/c9-1-3(8(10)13)7-6(12)5(11)4(20-7)2-19-26(18)22-24(14,15)21-25(16,17)23-26/h1,4-7,11-12H,2,9H2,(H2,10,13)(H,14,15)(H,16,17)/b3-1-/t4-,5?,6+,7+/m1/s1. The lowest BCUT2D eigenvalue weighted by atomic mass is 10.0. The normalized spacial score (nSPS) is 47.0. The lowest BCUT2D eigenvalue weighted by Crippen LogP contribution is -2.37. The van der Waals surface area contributed by atoms with E-state index in [1.807, 2.05) is 0 Å². The number of carbonyl (C=O) groups is 1. The van der Waals surface area contributed by atoms with Crippen LogP contribution in [0.1, 0.15) is 0 Å². The number of rotatable bonds is 5. The zero-order valence-electron chi connectivity index (χ0n) is 12.6. The van der Waals surface area contributed by atoms with Crippen LogP contribution in [-0.4, -0.2) is 56.9 Å². The van der Waals surface area contributed by atoms with Gasteiger partial charge in [-0.15, -0.1) is 0 Å². The van der Waals surface area contributed by atoms with Crippen molar-refractivity contribution in [2.45, 2.75) is 24.4 Å². The minimum absolute atomic E-state index is 0.371. The maximum absolute atomic E-state index is 12.1.